The molecule has 2 heterocycles. The summed E-state index contributed by atoms with van der Waals surface area (Å²) in [6.45, 7) is 3.48. The van der Waals surface area contributed by atoms with Gasteiger partial charge >= 0.3 is 6.18 Å². The van der Waals surface area contributed by atoms with E-state index in [-0.39, 0.29) is 28.7 Å². The number of thioether (sulfide) groups is 1. The second kappa shape index (κ2) is 7.92. The minimum Gasteiger partial charge on any atom is -0.467 e. The van der Waals surface area contributed by atoms with E-state index in [4.69, 9.17) is 4.74 Å². The maximum Gasteiger partial charge on any atom is 0.416 e. The molecule has 8 heteroatoms. The van der Waals surface area contributed by atoms with Crippen LogP contribution in [0.15, 0.2) is 30.1 Å². The van der Waals surface area contributed by atoms with Crippen molar-refractivity contribution in [2.45, 2.75) is 25.6 Å². The van der Waals surface area contributed by atoms with Gasteiger partial charge in [-0.3, -0.25) is 4.79 Å². The Morgan fingerprint density at radius 1 is 1.38 bits per heavy atom. The number of alkyl halides is 3. The second-order valence-electron chi connectivity index (χ2n) is 6.25. The minimum absolute atomic E-state index is 0.0291. The third-order valence-electron chi connectivity index (χ3n) is 4.52. The number of nitrogens with one attached hydrogen (secondary N) is 2. The van der Waals surface area contributed by atoms with Crippen molar-refractivity contribution in [1.29, 1.82) is 0 Å². The molecule has 0 spiro atoms. The molecule has 2 atom stereocenters. The van der Waals surface area contributed by atoms with E-state index >= 15 is 0 Å². The van der Waals surface area contributed by atoms with Crippen LogP contribution in [0.25, 0.3) is 5.57 Å². The average Bonchev–Trinajstić information content (AvgIpc) is 3.22. The molecule has 2 unspecified atom stereocenters. The fraction of sp³-hybridized carbons (Fsp3) is 0.500. The molecule has 2 aliphatic rings. The molecule has 3 rings (SSSR count). The van der Waals surface area contributed by atoms with Crippen molar-refractivity contribution >= 4 is 23.1 Å². The van der Waals surface area contributed by atoms with Crippen molar-refractivity contribution in [2.75, 3.05) is 24.7 Å². The van der Waals surface area contributed by atoms with Crippen LogP contribution in [0.4, 0.5) is 13.2 Å². The number of halogens is 3. The third kappa shape index (κ3) is 4.01. The molecule has 1 fully saturated rings. The molecule has 0 bridgehead atoms. The lowest BCUT2D eigenvalue weighted by Crippen LogP contribution is -2.30. The van der Waals surface area contributed by atoms with Gasteiger partial charge in [-0.1, -0.05) is 19.1 Å². The fourth-order valence-corrected chi connectivity index (χ4v) is 3.65. The Morgan fingerprint density at radius 2 is 2.19 bits per heavy atom. The molecule has 0 amide bonds. The van der Waals surface area contributed by atoms with Crippen LogP contribution in [0.3, 0.4) is 0 Å². The van der Waals surface area contributed by atoms with Crippen molar-refractivity contribution in [3.05, 3.63) is 41.3 Å². The Balaban J connectivity index is 1.92. The van der Waals surface area contributed by atoms with E-state index < -0.39 is 17.8 Å². The molecule has 1 aromatic rings. The number of ether oxygens (including phenoxy) is 1. The molecule has 0 saturated carbocycles. The first kappa shape index (κ1) is 19.1. The fourth-order valence-electron chi connectivity index (χ4n) is 3.21. The lowest BCUT2D eigenvalue weighted by Gasteiger charge is -2.17. The summed E-state index contributed by atoms with van der Waals surface area (Å²) in [7, 11) is 0. The maximum absolute atomic E-state index is 13.1. The number of hydrogen-bond acceptors (Lipinski definition) is 5. The van der Waals surface area contributed by atoms with Crippen LogP contribution in [-0.4, -0.2) is 36.6 Å². The highest BCUT2D eigenvalue weighted by molar-refractivity contribution is 7.99. The first-order valence-corrected chi connectivity index (χ1v) is 9.72. The molecule has 2 N–H and O–H groups in total. The molecule has 1 aromatic carbocycles. The Morgan fingerprint density at radius 3 is 2.85 bits per heavy atom. The van der Waals surface area contributed by atoms with Gasteiger partial charge in [0.25, 0.3) is 0 Å². The number of Topliss-reactive ketones (excluding diaryl/α,β-unsaturated/α-hetero) is 1. The van der Waals surface area contributed by atoms with E-state index in [0.717, 1.165) is 30.9 Å². The van der Waals surface area contributed by atoms with E-state index in [1.165, 1.54) is 12.1 Å². The van der Waals surface area contributed by atoms with Crippen molar-refractivity contribution in [2.24, 2.45) is 5.92 Å². The number of benzene rings is 1. The highest BCUT2D eigenvalue weighted by Crippen LogP contribution is 2.36. The predicted octanol–water partition coefficient (Wildman–Crippen LogP) is 3.25. The van der Waals surface area contributed by atoms with Crippen molar-refractivity contribution in [1.82, 2.24) is 10.6 Å². The maximum atomic E-state index is 13.1. The molecule has 0 aromatic heterocycles. The summed E-state index contributed by atoms with van der Waals surface area (Å²) >= 11 is 1.61. The predicted molar refractivity (Wildman–Crippen MR) is 95.4 cm³/mol. The lowest BCUT2D eigenvalue weighted by molar-refractivity contribution is -0.137. The van der Waals surface area contributed by atoms with Gasteiger partial charge in [0.2, 0.25) is 5.78 Å². The summed E-state index contributed by atoms with van der Waals surface area (Å²) in [5.41, 5.74) is -0.324. The monoisotopic (exact) mass is 386 g/mol. The standard InChI is InChI=1S/C18H21F3N2O2S/c1-2-26-10-23-17-14(11-4-3-5-13(8-11)18(19,20)21)15(24)16(25-17)12-6-7-22-9-12/h3-5,8,12,16,22-23H,2,6-7,9-10H2,1H3. The smallest absolute Gasteiger partial charge is 0.416 e. The van der Waals surface area contributed by atoms with Crippen molar-refractivity contribution < 1.29 is 22.7 Å². The van der Waals surface area contributed by atoms with Gasteiger partial charge in [-0.25, -0.2) is 0 Å². The zero-order chi connectivity index (χ0) is 18.7. The van der Waals surface area contributed by atoms with Gasteiger partial charge in [0.1, 0.15) is 0 Å². The Hall–Kier alpha value is -1.67. The Labute approximate surface area is 154 Å². The molecule has 0 aliphatic carbocycles. The SMILES string of the molecule is CCSCNC1=C(c2cccc(C(F)(F)F)c2)C(=O)C(C2CCNC2)O1. The number of rotatable bonds is 6. The van der Waals surface area contributed by atoms with Gasteiger partial charge < -0.3 is 15.4 Å². The van der Waals surface area contributed by atoms with Gasteiger partial charge in [-0.15, -0.1) is 11.8 Å². The van der Waals surface area contributed by atoms with Crippen LogP contribution in [0.5, 0.6) is 0 Å². The first-order chi connectivity index (χ1) is 12.4. The largest absolute Gasteiger partial charge is 0.467 e. The molecule has 26 heavy (non-hydrogen) atoms. The summed E-state index contributed by atoms with van der Waals surface area (Å²) in [6, 6.07) is 4.86. The summed E-state index contributed by atoms with van der Waals surface area (Å²) in [4.78, 5) is 13.0. The quantitative estimate of drug-likeness (QED) is 0.581. The van der Waals surface area contributed by atoms with E-state index in [9.17, 15) is 18.0 Å². The van der Waals surface area contributed by atoms with Gasteiger partial charge in [-0.05, 0) is 36.4 Å². The summed E-state index contributed by atoms with van der Waals surface area (Å²) in [5, 5.41) is 6.27. The number of ketones is 1. The molecule has 4 nitrogen and oxygen atoms in total. The summed E-state index contributed by atoms with van der Waals surface area (Å²) in [6.07, 6.45) is -4.30. The van der Waals surface area contributed by atoms with Gasteiger partial charge in [0.15, 0.2) is 12.0 Å². The van der Waals surface area contributed by atoms with Crippen molar-refractivity contribution in [3.8, 4) is 0 Å². The summed E-state index contributed by atoms with van der Waals surface area (Å²) < 4.78 is 45.1. The topological polar surface area (TPSA) is 50.4 Å². The molecular weight excluding hydrogens is 365 g/mol. The molecule has 142 valence electrons. The molecule has 2 aliphatic heterocycles. The molecule has 0 radical (unpaired) electrons. The van der Waals surface area contributed by atoms with Crippen LogP contribution in [0.2, 0.25) is 0 Å². The van der Waals surface area contributed by atoms with Gasteiger partial charge in [0.05, 0.1) is 17.0 Å². The van der Waals surface area contributed by atoms with Crippen LogP contribution in [0.1, 0.15) is 24.5 Å². The van der Waals surface area contributed by atoms with Crippen LogP contribution in [0, 0.1) is 5.92 Å². The number of carbonyl (C=O) groups excluding carboxylic acids is 1. The minimum atomic E-state index is -4.46. The summed E-state index contributed by atoms with van der Waals surface area (Å²) in [5.74, 6) is 1.47. The number of hydrogen-bond donors (Lipinski definition) is 2. The van der Waals surface area contributed by atoms with Crippen molar-refractivity contribution in [3.63, 3.8) is 0 Å². The van der Waals surface area contributed by atoms with E-state index in [1.807, 2.05) is 6.92 Å². The number of carbonyl (C=O) groups is 1. The lowest BCUT2D eigenvalue weighted by atomic mass is 9.92. The second-order valence-corrected chi connectivity index (χ2v) is 7.53. The Bertz CT molecular complexity index is 700. The third-order valence-corrected chi connectivity index (χ3v) is 5.28. The van der Waals surface area contributed by atoms with E-state index in [0.29, 0.717) is 12.4 Å². The molecular formula is C18H21F3N2O2S. The normalized spacial score (nSPS) is 23.5. The van der Waals surface area contributed by atoms with Gasteiger partial charge in [0, 0.05) is 12.5 Å². The van der Waals surface area contributed by atoms with Gasteiger partial charge in [-0.2, -0.15) is 13.2 Å². The Kier molecular flexibility index (Phi) is 5.82. The van der Waals surface area contributed by atoms with Crippen LogP contribution < -0.4 is 10.6 Å². The first-order valence-electron chi connectivity index (χ1n) is 8.57. The highest BCUT2D eigenvalue weighted by atomic mass is 32.2. The van der Waals surface area contributed by atoms with E-state index in [1.54, 1.807) is 11.8 Å². The highest BCUT2D eigenvalue weighted by Gasteiger charge is 2.42. The van der Waals surface area contributed by atoms with Crippen LogP contribution in [-0.2, 0) is 15.7 Å². The zero-order valence-corrected chi connectivity index (χ0v) is 15.2. The average molecular weight is 386 g/mol. The zero-order valence-electron chi connectivity index (χ0n) is 14.4. The van der Waals surface area contributed by atoms with E-state index in [2.05, 4.69) is 10.6 Å². The van der Waals surface area contributed by atoms with Crippen LogP contribution >= 0.6 is 11.8 Å². The molecule has 1 saturated heterocycles.